The van der Waals surface area contributed by atoms with Gasteiger partial charge in [-0.2, -0.15) is 0 Å². The third kappa shape index (κ3) is 4.43. The summed E-state index contributed by atoms with van der Waals surface area (Å²) in [6.45, 7) is 0.626. The molecule has 1 rings (SSSR count). The number of benzene rings is 1. The largest absolute Gasteiger partial charge is 0.358 e. The van der Waals surface area contributed by atoms with Gasteiger partial charge in [-0.1, -0.05) is 30.3 Å². The molecule has 5 heteroatoms. The Labute approximate surface area is 101 Å². The second-order valence-corrected chi connectivity index (χ2v) is 2.54. The Kier molecular flexibility index (Phi) is 7.13. The second-order valence-electron chi connectivity index (χ2n) is 2.54. The minimum atomic E-state index is 0. The van der Waals surface area contributed by atoms with Gasteiger partial charge in [0.05, 0.1) is 6.54 Å². The number of nitrogens with zero attached hydrogens (tertiary/aromatic N) is 1. The summed E-state index contributed by atoms with van der Waals surface area (Å²) in [6.07, 6.45) is 0. The van der Waals surface area contributed by atoms with Gasteiger partial charge in [0, 0.05) is 7.05 Å². The minimum absolute atomic E-state index is 0. The van der Waals surface area contributed by atoms with Crippen molar-refractivity contribution in [2.45, 2.75) is 6.54 Å². The highest BCUT2D eigenvalue weighted by molar-refractivity contribution is 14.0. The van der Waals surface area contributed by atoms with E-state index in [1.165, 1.54) is 0 Å². The summed E-state index contributed by atoms with van der Waals surface area (Å²) < 4.78 is 0. The van der Waals surface area contributed by atoms with Crippen LogP contribution in [0.4, 0.5) is 0 Å². The Morgan fingerprint density at radius 2 is 2.00 bits per heavy atom. The molecule has 0 unspecified atom stereocenters. The van der Waals surface area contributed by atoms with Crippen LogP contribution in [0.5, 0.6) is 0 Å². The minimum Gasteiger partial charge on any atom is -0.358 e. The van der Waals surface area contributed by atoms with E-state index < -0.39 is 0 Å². The lowest BCUT2D eigenvalue weighted by Gasteiger charge is -2.03. The number of nitrogens with one attached hydrogen (secondary N) is 2. The molecule has 1 aromatic rings. The van der Waals surface area contributed by atoms with Crippen molar-refractivity contribution in [2.24, 2.45) is 10.8 Å². The number of hydrogen-bond acceptors (Lipinski definition) is 2. The Balaban J connectivity index is 0.00000169. The van der Waals surface area contributed by atoms with Gasteiger partial charge >= 0.3 is 0 Å². The first-order chi connectivity index (χ1) is 6.36. The molecule has 0 aliphatic carbocycles. The van der Waals surface area contributed by atoms with Crippen molar-refractivity contribution >= 4 is 29.9 Å². The van der Waals surface area contributed by atoms with Crippen LogP contribution in [0.25, 0.3) is 0 Å². The first-order valence-corrected chi connectivity index (χ1v) is 4.09. The smallest absolute Gasteiger partial charge is 0.205 e. The predicted molar refractivity (Wildman–Crippen MR) is 69.4 cm³/mol. The maximum atomic E-state index is 5.20. The zero-order chi connectivity index (χ0) is 9.52. The van der Waals surface area contributed by atoms with Crippen LogP contribution in [-0.2, 0) is 6.54 Å². The summed E-state index contributed by atoms with van der Waals surface area (Å²) in [4.78, 5) is 4.20. The molecule has 0 fully saturated rings. The fourth-order valence-corrected chi connectivity index (χ4v) is 0.951. The average Bonchev–Trinajstić information content (AvgIpc) is 2.21. The lowest BCUT2D eigenvalue weighted by molar-refractivity contribution is 0.906. The van der Waals surface area contributed by atoms with Crippen molar-refractivity contribution in [3.8, 4) is 0 Å². The topological polar surface area (TPSA) is 62.4 Å². The maximum Gasteiger partial charge on any atom is 0.205 e. The van der Waals surface area contributed by atoms with E-state index in [4.69, 9.17) is 5.84 Å². The second kappa shape index (κ2) is 7.57. The highest BCUT2D eigenvalue weighted by atomic mass is 127. The molecule has 0 amide bonds. The lowest BCUT2D eigenvalue weighted by Crippen LogP contribution is -2.39. The monoisotopic (exact) mass is 306 g/mol. The first-order valence-electron chi connectivity index (χ1n) is 4.09. The molecule has 0 aliphatic heterocycles. The zero-order valence-electron chi connectivity index (χ0n) is 8.03. The van der Waals surface area contributed by atoms with Gasteiger partial charge in [0.25, 0.3) is 0 Å². The highest BCUT2D eigenvalue weighted by Crippen LogP contribution is 1.99. The molecular weight excluding hydrogens is 291 g/mol. The molecule has 4 N–H and O–H groups in total. The van der Waals surface area contributed by atoms with Crippen molar-refractivity contribution in [2.75, 3.05) is 7.05 Å². The normalized spacial score (nSPS) is 10.3. The van der Waals surface area contributed by atoms with E-state index in [-0.39, 0.29) is 24.0 Å². The number of rotatable bonds is 2. The molecule has 4 nitrogen and oxygen atoms in total. The summed E-state index contributed by atoms with van der Waals surface area (Å²) in [5.41, 5.74) is 3.62. The van der Waals surface area contributed by atoms with Gasteiger partial charge < -0.3 is 5.32 Å². The molecule has 0 atom stereocenters. The molecule has 0 heterocycles. The third-order valence-corrected chi connectivity index (χ3v) is 1.64. The van der Waals surface area contributed by atoms with Gasteiger partial charge in [-0.05, 0) is 5.56 Å². The third-order valence-electron chi connectivity index (χ3n) is 1.64. The van der Waals surface area contributed by atoms with Crippen LogP contribution in [0, 0.1) is 0 Å². The van der Waals surface area contributed by atoms with Crippen molar-refractivity contribution in [1.29, 1.82) is 0 Å². The van der Waals surface area contributed by atoms with E-state index in [1.54, 1.807) is 7.05 Å². The Hall–Kier alpha value is -0.820. The molecule has 0 bridgehead atoms. The molecule has 78 valence electrons. The number of hydrazine groups is 1. The molecule has 0 saturated heterocycles. The fraction of sp³-hybridized carbons (Fsp3) is 0.222. The molecule has 14 heavy (non-hydrogen) atoms. The Bertz CT molecular complexity index is 267. The molecule has 0 aromatic heterocycles. The van der Waals surface area contributed by atoms with Gasteiger partial charge in [-0.3, -0.25) is 5.43 Å². The Morgan fingerprint density at radius 3 is 2.50 bits per heavy atom. The van der Waals surface area contributed by atoms with E-state index >= 15 is 0 Å². The SMILES string of the molecule is CN/C(=N/Cc1ccccc1)NN.I. The van der Waals surface area contributed by atoms with E-state index in [0.29, 0.717) is 12.5 Å². The summed E-state index contributed by atoms with van der Waals surface area (Å²) in [7, 11) is 1.77. The molecule has 0 saturated carbocycles. The van der Waals surface area contributed by atoms with Gasteiger partial charge in [0.15, 0.2) is 0 Å². The van der Waals surface area contributed by atoms with Gasteiger partial charge in [0.1, 0.15) is 0 Å². The van der Waals surface area contributed by atoms with E-state index in [2.05, 4.69) is 15.7 Å². The predicted octanol–water partition coefficient (Wildman–Crippen LogP) is 0.843. The lowest BCUT2D eigenvalue weighted by atomic mass is 10.2. The number of halogens is 1. The van der Waals surface area contributed by atoms with Gasteiger partial charge in [-0.15, -0.1) is 24.0 Å². The summed E-state index contributed by atoms with van der Waals surface area (Å²) in [5, 5.41) is 2.84. The van der Waals surface area contributed by atoms with Gasteiger partial charge in [-0.25, -0.2) is 10.8 Å². The van der Waals surface area contributed by atoms with Crippen molar-refractivity contribution in [1.82, 2.24) is 10.7 Å². The summed E-state index contributed by atoms with van der Waals surface area (Å²) in [6, 6.07) is 9.99. The molecule has 0 aliphatic rings. The van der Waals surface area contributed by atoms with E-state index in [1.807, 2.05) is 30.3 Å². The van der Waals surface area contributed by atoms with E-state index in [0.717, 1.165) is 5.56 Å². The number of aliphatic imine (C=N–C) groups is 1. The van der Waals surface area contributed by atoms with Crippen LogP contribution in [0.2, 0.25) is 0 Å². The molecule has 0 radical (unpaired) electrons. The van der Waals surface area contributed by atoms with Crippen molar-refractivity contribution in [3.05, 3.63) is 35.9 Å². The average molecular weight is 306 g/mol. The number of nitrogens with two attached hydrogens (primary N) is 1. The molecule has 0 spiro atoms. The maximum absolute atomic E-state index is 5.20. The number of guanidine groups is 1. The van der Waals surface area contributed by atoms with Crippen molar-refractivity contribution in [3.63, 3.8) is 0 Å². The zero-order valence-corrected chi connectivity index (χ0v) is 10.4. The fourth-order valence-electron chi connectivity index (χ4n) is 0.951. The van der Waals surface area contributed by atoms with Gasteiger partial charge in [0.2, 0.25) is 5.96 Å². The number of hydrogen-bond donors (Lipinski definition) is 3. The van der Waals surface area contributed by atoms with Crippen LogP contribution >= 0.6 is 24.0 Å². The van der Waals surface area contributed by atoms with Crippen LogP contribution < -0.4 is 16.6 Å². The Morgan fingerprint density at radius 1 is 1.36 bits per heavy atom. The quantitative estimate of drug-likeness (QED) is 0.249. The van der Waals surface area contributed by atoms with Crippen LogP contribution in [-0.4, -0.2) is 13.0 Å². The summed E-state index contributed by atoms with van der Waals surface area (Å²) in [5.74, 6) is 5.79. The first kappa shape index (κ1) is 13.2. The van der Waals surface area contributed by atoms with E-state index in [9.17, 15) is 0 Å². The highest BCUT2D eigenvalue weighted by Gasteiger charge is 1.91. The van der Waals surface area contributed by atoms with Crippen LogP contribution in [0.3, 0.4) is 0 Å². The molecular formula is C9H15IN4. The van der Waals surface area contributed by atoms with Crippen LogP contribution in [0.1, 0.15) is 5.56 Å². The van der Waals surface area contributed by atoms with Crippen molar-refractivity contribution < 1.29 is 0 Å². The van der Waals surface area contributed by atoms with Crippen LogP contribution in [0.15, 0.2) is 35.3 Å². The standard InChI is InChI=1S/C9H14N4.HI/c1-11-9(13-10)12-7-8-5-3-2-4-6-8;/h2-6H,7,10H2,1H3,(H2,11,12,13);1H. The molecule has 1 aromatic carbocycles. The summed E-state index contributed by atoms with van der Waals surface area (Å²) >= 11 is 0.